The highest BCUT2D eigenvalue weighted by atomic mass is 35.5. The molecule has 0 saturated carbocycles. The van der Waals surface area contributed by atoms with Gasteiger partial charge in [-0.15, -0.1) is 11.8 Å². The SMILES string of the molecule is NC(=O)C1Sc2cnccc2C1Nc1ccc(Cl)cc1. The number of nitrogens with zero attached hydrogens (tertiary/aromatic N) is 1. The second kappa shape index (κ2) is 5.34. The van der Waals surface area contributed by atoms with Crippen LogP contribution in [-0.4, -0.2) is 16.1 Å². The maximum Gasteiger partial charge on any atom is 0.233 e. The Bertz CT molecular complexity index is 647. The maximum atomic E-state index is 11.6. The van der Waals surface area contributed by atoms with E-state index in [4.69, 9.17) is 17.3 Å². The molecule has 102 valence electrons. The average molecular weight is 306 g/mol. The number of carbonyl (C=O) groups excluding carboxylic acids is 1. The quantitative estimate of drug-likeness (QED) is 0.915. The molecule has 3 N–H and O–H groups in total. The van der Waals surface area contributed by atoms with Crippen LogP contribution in [0.5, 0.6) is 0 Å². The zero-order valence-corrected chi connectivity index (χ0v) is 12.0. The van der Waals surface area contributed by atoms with E-state index in [0.717, 1.165) is 16.1 Å². The Morgan fingerprint density at radius 3 is 2.75 bits per heavy atom. The van der Waals surface area contributed by atoms with Gasteiger partial charge in [0.25, 0.3) is 0 Å². The van der Waals surface area contributed by atoms with Crippen molar-refractivity contribution in [3.63, 3.8) is 0 Å². The third-order valence-corrected chi connectivity index (χ3v) is 4.76. The van der Waals surface area contributed by atoms with Crippen molar-refractivity contribution in [1.82, 2.24) is 4.98 Å². The van der Waals surface area contributed by atoms with Crippen molar-refractivity contribution in [2.24, 2.45) is 5.73 Å². The molecule has 3 rings (SSSR count). The summed E-state index contributed by atoms with van der Waals surface area (Å²) in [6.07, 6.45) is 3.48. The average Bonchev–Trinajstić information content (AvgIpc) is 2.81. The number of amides is 1. The Kier molecular flexibility index (Phi) is 3.54. The monoisotopic (exact) mass is 305 g/mol. The molecule has 2 atom stereocenters. The highest BCUT2D eigenvalue weighted by molar-refractivity contribution is 8.01. The fraction of sp³-hybridized carbons (Fsp3) is 0.143. The number of carbonyl (C=O) groups is 1. The number of primary amides is 1. The van der Waals surface area contributed by atoms with Gasteiger partial charge in [0.1, 0.15) is 5.25 Å². The topological polar surface area (TPSA) is 68.0 Å². The van der Waals surface area contributed by atoms with E-state index in [1.807, 2.05) is 18.2 Å². The zero-order chi connectivity index (χ0) is 14.1. The number of anilines is 1. The number of nitrogens with one attached hydrogen (secondary N) is 1. The van der Waals surface area contributed by atoms with E-state index >= 15 is 0 Å². The number of rotatable bonds is 3. The summed E-state index contributed by atoms with van der Waals surface area (Å²) < 4.78 is 0. The molecule has 1 aliphatic heterocycles. The van der Waals surface area contributed by atoms with Gasteiger partial charge in [-0.2, -0.15) is 0 Å². The van der Waals surface area contributed by atoms with Crippen LogP contribution in [0.15, 0.2) is 47.6 Å². The lowest BCUT2D eigenvalue weighted by molar-refractivity contribution is -0.117. The Morgan fingerprint density at radius 2 is 2.05 bits per heavy atom. The Morgan fingerprint density at radius 1 is 1.30 bits per heavy atom. The molecule has 2 aromatic rings. The lowest BCUT2D eigenvalue weighted by Crippen LogP contribution is -2.32. The first-order valence-electron chi connectivity index (χ1n) is 6.07. The van der Waals surface area contributed by atoms with Gasteiger partial charge in [-0.1, -0.05) is 11.6 Å². The molecule has 2 unspecified atom stereocenters. The molecular formula is C14H12ClN3OS. The molecule has 1 amide bonds. The summed E-state index contributed by atoms with van der Waals surface area (Å²) in [6, 6.07) is 9.13. The minimum atomic E-state index is -0.343. The Balaban J connectivity index is 1.92. The van der Waals surface area contributed by atoms with Crippen LogP contribution in [0.1, 0.15) is 11.6 Å². The molecular weight excluding hydrogens is 294 g/mol. The van der Waals surface area contributed by atoms with Gasteiger partial charge in [0.15, 0.2) is 0 Å². The predicted octanol–water partition coefficient (Wildman–Crippen LogP) is 2.85. The minimum absolute atomic E-state index is 0.156. The van der Waals surface area contributed by atoms with Crippen LogP contribution in [0.2, 0.25) is 5.02 Å². The van der Waals surface area contributed by atoms with E-state index in [1.165, 1.54) is 11.8 Å². The van der Waals surface area contributed by atoms with E-state index in [-0.39, 0.29) is 17.2 Å². The van der Waals surface area contributed by atoms with Crippen LogP contribution >= 0.6 is 23.4 Å². The third kappa shape index (κ3) is 2.46. The van der Waals surface area contributed by atoms with E-state index in [9.17, 15) is 4.79 Å². The number of nitrogens with two attached hydrogens (primary N) is 1. The van der Waals surface area contributed by atoms with Crippen LogP contribution in [0.3, 0.4) is 0 Å². The van der Waals surface area contributed by atoms with Gasteiger partial charge >= 0.3 is 0 Å². The van der Waals surface area contributed by atoms with Crippen LogP contribution in [0.25, 0.3) is 0 Å². The van der Waals surface area contributed by atoms with E-state index in [0.29, 0.717) is 5.02 Å². The number of pyridine rings is 1. The summed E-state index contributed by atoms with van der Waals surface area (Å²) in [5.41, 5.74) is 7.45. The minimum Gasteiger partial charge on any atom is -0.377 e. The first-order valence-corrected chi connectivity index (χ1v) is 7.33. The standard InChI is InChI=1S/C14H12ClN3OS/c15-8-1-3-9(4-2-8)18-12-10-5-6-17-7-11(10)20-13(12)14(16)19/h1-7,12-13,18H,(H2,16,19). The van der Waals surface area contributed by atoms with Crippen LogP contribution in [0.4, 0.5) is 5.69 Å². The number of halogens is 1. The molecule has 1 aromatic heterocycles. The summed E-state index contributed by atoms with van der Waals surface area (Å²) in [5.74, 6) is -0.335. The summed E-state index contributed by atoms with van der Waals surface area (Å²) in [6.45, 7) is 0. The highest BCUT2D eigenvalue weighted by Crippen LogP contribution is 2.44. The van der Waals surface area contributed by atoms with Crippen molar-refractivity contribution >= 4 is 35.0 Å². The molecule has 0 aliphatic carbocycles. The first kappa shape index (κ1) is 13.3. The van der Waals surface area contributed by atoms with Gasteiger partial charge in [0.05, 0.1) is 6.04 Å². The van der Waals surface area contributed by atoms with Crippen molar-refractivity contribution in [1.29, 1.82) is 0 Å². The van der Waals surface area contributed by atoms with E-state index < -0.39 is 0 Å². The second-order valence-corrected chi connectivity index (χ2v) is 6.10. The van der Waals surface area contributed by atoms with Crippen molar-refractivity contribution in [3.8, 4) is 0 Å². The van der Waals surface area contributed by atoms with Crippen molar-refractivity contribution < 1.29 is 4.79 Å². The van der Waals surface area contributed by atoms with Crippen LogP contribution in [-0.2, 0) is 4.79 Å². The largest absolute Gasteiger partial charge is 0.377 e. The number of fused-ring (bicyclic) bond motifs is 1. The Labute approximate surface area is 125 Å². The normalized spacial score (nSPS) is 20.4. The fourth-order valence-corrected chi connectivity index (χ4v) is 3.53. The predicted molar refractivity (Wildman–Crippen MR) is 80.9 cm³/mol. The molecule has 0 saturated heterocycles. The molecule has 4 nitrogen and oxygen atoms in total. The van der Waals surface area contributed by atoms with Crippen LogP contribution in [0, 0.1) is 0 Å². The molecule has 0 spiro atoms. The van der Waals surface area contributed by atoms with Gasteiger partial charge in [0.2, 0.25) is 5.91 Å². The molecule has 1 aliphatic rings. The van der Waals surface area contributed by atoms with E-state index in [1.54, 1.807) is 24.5 Å². The summed E-state index contributed by atoms with van der Waals surface area (Å²) in [5, 5.41) is 3.68. The number of benzene rings is 1. The molecule has 0 bridgehead atoms. The lowest BCUT2D eigenvalue weighted by atomic mass is 10.0. The molecule has 2 heterocycles. The second-order valence-electron chi connectivity index (χ2n) is 4.48. The molecule has 1 aromatic carbocycles. The smallest absolute Gasteiger partial charge is 0.233 e. The van der Waals surface area contributed by atoms with Crippen molar-refractivity contribution in [2.45, 2.75) is 16.2 Å². The van der Waals surface area contributed by atoms with Crippen molar-refractivity contribution in [3.05, 3.63) is 53.3 Å². The van der Waals surface area contributed by atoms with Gasteiger partial charge < -0.3 is 11.1 Å². The van der Waals surface area contributed by atoms with Crippen LogP contribution < -0.4 is 11.1 Å². The molecule has 0 radical (unpaired) electrons. The molecule has 6 heteroatoms. The number of hydrogen-bond acceptors (Lipinski definition) is 4. The maximum absolute atomic E-state index is 11.6. The fourth-order valence-electron chi connectivity index (χ4n) is 2.22. The molecule has 20 heavy (non-hydrogen) atoms. The first-order chi connectivity index (χ1) is 9.65. The summed E-state index contributed by atoms with van der Waals surface area (Å²) in [4.78, 5) is 16.7. The van der Waals surface area contributed by atoms with Gasteiger partial charge in [-0.25, -0.2) is 0 Å². The highest BCUT2D eigenvalue weighted by Gasteiger charge is 2.37. The van der Waals surface area contributed by atoms with Gasteiger partial charge in [0, 0.05) is 28.0 Å². The third-order valence-electron chi connectivity index (χ3n) is 3.16. The van der Waals surface area contributed by atoms with Crippen molar-refractivity contribution in [2.75, 3.05) is 5.32 Å². The number of hydrogen-bond donors (Lipinski definition) is 2. The lowest BCUT2D eigenvalue weighted by Gasteiger charge is -2.20. The zero-order valence-electron chi connectivity index (χ0n) is 10.4. The van der Waals surface area contributed by atoms with E-state index in [2.05, 4.69) is 10.3 Å². The number of thioether (sulfide) groups is 1. The summed E-state index contributed by atoms with van der Waals surface area (Å²) in [7, 11) is 0. The summed E-state index contributed by atoms with van der Waals surface area (Å²) >= 11 is 7.32. The number of aromatic nitrogens is 1. The van der Waals surface area contributed by atoms with Gasteiger partial charge in [-0.3, -0.25) is 9.78 Å². The van der Waals surface area contributed by atoms with Gasteiger partial charge in [-0.05, 0) is 35.9 Å². The Hall–Kier alpha value is -1.72. The molecule has 0 fully saturated rings.